The van der Waals surface area contributed by atoms with E-state index in [1.165, 1.54) is 0 Å². The maximum Gasteiger partial charge on any atom is 0.236 e. The second-order valence-electron chi connectivity index (χ2n) is 1.86. The fourth-order valence-corrected chi connectivity index (χ4v) is 1.84. The van der Waals surface area contributed by atoms with Crippen molar-refractivity contribution in [3.63, 3.8) is 0 Å². The number of carbonyl (C=O) groups excluding carboxylic acids is 1. The van der Waals surface area contributed by atoms with Crippen LogP contribution >= 0.6 is 11.6 Å². The highest BCUT2D eigenvalue weighted by molar-refractivity contribution is 7.92. The number of nitriles is 1. The molecule has 6 heteroatoms. The first-order chi connectivity index (χ1) is 4.98. The molecular weight excluding hydrogens is 190 g/mol. The Bertz CT molecular complexity index is 277. The monoisotopic (exact) mass is 195 g/mol. The fraction of sp³-hybridized carbons (Fsp3) is 0.600. The lowest BCUT2D eigenvalue weighted by Gasteiger charge is -1.94. The standard InChI is InChI=1S/C5H6ClNO3S/c6-5(8)4-11(9,10)3-1-2-7/h1,3-4H2. The van der Waals surface area contributed by atoms with E-state index in [0.717, 1.165) is 0 Å². The van der Waals surface area contributed by atoms with Gasteiger partial charge in [-0.2, -0.15) is 5.26 Å². The molecule has 0 saturated heterocycles. The van der Waals surface area contributed by atoms with Crippen molar-refractivity contribution in [1.29, 1.82) is 5.26 Å². The predicted octanol–water partition coefficient (Wildman–Crippen LogP) is 0.0803. The largest absolute Gasteiger partial charge is 0.280 e. The second kappa shape index (κ2) is 4.31. The van der Waals surface area contributed by atoms with Crippen molar-refractivity contribution >= 4 is 26.7 Å². The van der Waals surface area contributed by atoms with Crippen molar-refractivity contribution in [3.05, 3.63) is 0 Å². The Morgan fingerprint density at radius 2 is 2.09 bits per heavy atom. The van der Waals surface area contributed by atoms with Crippen LogP contribution in [0.3, 0.4) is 0 Å². The van der Waals surface area contributed by atoms with Gasteiger partial charge >= 0.3 is 0 Å². The summed E-state index contributed by atoms with van der Waals surface area (Å²) >= 11 is 4.84. The summed E-state index contributed by atoms with van der Waals surface area (Å²) < 4.78 is 21.5. The summed E-state index contributed by atoms with van der Waals surface area (Å²) in [5.74, 6) is -0.988. The molecule has 0 saturated carbocycles. The summed E-state index contributed by atoms with van der Waals surface area (Å²) in [7, 11) is -3.45. The van der Waals surface area contributed by atoms with Gasteiger partial charge < -0.3 is 0 Å². The summed E-state index contributed by atoms with van der Waals surface area (Å²) in [6.45, 7) is 0. The molecule has 0 aliphatic heterocycles. The van der Waals surface area contributed by atoms with Crippen LogP contribution < -0.4 is 0 Å². The molecule has 0 rings (SSSR count). The van der Waals surface area contributed by atoms with Crippen molar-refractivity contribution < 1.29 is 13.2 Å². The Morgan fingerprint density at radius 1 is 1.55 bits per heavy atom. The molecule has 0 radical (unpaired) electrons. The average Bonchev–Trinajstić information content (AvgIpc) is 1.81. The van der Waals surface area contributed by atoms with E-state index in [1.807, 2.05) is 0 Å². The van der Waals surface area contributed by atoms with Crippen LogP contribution in [0.4, 0.5) is 0 Å². The fourth-order valence-electron chi connectivity index (χ4n) is 0.446. The lowest BCUT2D eigenvalue weighted by molar-refractivity contribution is -0.109. The van der Waals surface area contributed by atoms with E-state index in [2.05, 4.69) is 0 Å². The van der Waals surface area contributed by atoms with Crippen LogP contribution in [0.15, 0.2) is 0 Å². The van der Waals surface area contributed by atoms with E-state index >= 15 is 0 Å². The van der Waals surface area contributed by atoms with Gasteiger partial charge in [0.2, 0.25) is 5.24 Å². The summed E-state index contributed by atoms with van der Waals surface area (Å²) in [5.41, 5.74) is 0. The number of sulfone groups is 1. The number of hydrogen-bond donors (Lipinski definition) is 0. The van der Waals surface area contributed by atoms with Gasteiger partial charge in [0.25, 0.3) is 0 Å². The topological polar surface area (TPSA) is 75.0 Å². The molecule has 0 fully saturated rings. The molecule has 0 heterocycles. The van der Waals surface area contributed by atoms with Crippen LogP contribution in [0.25, 0.3) is 0 Å². The van der Waals surface area contributed by atoms with E-state index < -0.39 is 20.8 Å². The molecule has 0 unspecified atom stereocenters. The van der Waals surface area contributed by atoms with E-state index in [4.69, 9.17) is 16.9 Å². The SMILES string of the molecule is N#CCCS(=O)(=O)CC(=O)Cl. The van der Waals surface area contributed by atoms with Gasteiger partial charge in [-0.3, -0.25) is 4.79 Å². The molecule has 0 aromatic carbocycles. The number of carbonyl (C=O) groups is 1. The minimum atomic E-state index is -3.45. The van der Waals surface area contributed by atoms with Gasteiger partial charge in [0.05, 0.1) is 11.8 Å². The Labute approximate surface area is 69.7 Å². The Balaban J connectivity index is 4.05. The lowest BCUT2D eigenvalue weighted by Crippen LogP contribution is -2.14. The Hall–Kier alpha value is -0.600. The third-order valence-corrected chi connectivity index (χ3v) is 2.68. The molecule has 0 aromatic heterocycles. The first-order valence-electron chi connectivity index (χ1n) is 2.73. The van der Waals surface area contributed by atoms with Crippen LogP contribution in [0.1, 0.15) is 6.42 Å². The van der Waals surface area contributed by atoms with Gasteiger partial charge in [0, 0.05) is 6.42 Å². The minimum Gasteiger partial charge on any atom is -0.280 e. The highest BCUT2D eigenvalue weighted by Crippen LogP contribution is 1.95. The van der Waals surface area contributed by atoms with Crippen LogP contribution in [0, 0.1) is 11.3 Å². The first-order valence-corrected chi connectivity index (χ1v) is 4.93. The number of nitrogens with zero attached hydrogens (tertiary/aromatic N) is 1. The predicted molar refractivity (Wildman–Crippen MR) is 39.7 cm³/mol. The van der Waals surface area contributed by atoms with Crippen molar-refractivity contribution in [3.8, 4) is 6.07 Å². The molecule has 0 aliphatic carbocycles. The van der Waals surface area contributed by atoms with Crippen molar-refractivity contribution in [2.75, 3.05) is 11.5 Å². The van der Waals surface area contributed by atoms with Gasteiger partial charge in [0.15, 0.2) is 9.84 Å². The van der Waals surface area contributed by atoms with E-state index in [9.17, 15) is 13.2 Å². The molecule has 11 heavy (non-hydrogen) atoms. The van der Waals surface area contributed by atoms with E-state index in [1.54, 1.807) is 6.07 Å². The van der Waals surface area contributed by atoms with Crippen LogP contribution in [0.2, 0.25) is 0 Å². The van der Waals surface area contributed by atoms with Gasteiger partial charge in [-0.1, -0.05) is 0 Å². The van der Waals surface area contributed by atoms with Gasteiger partial charge in [-0.05, 0) is 11.6 Å². The third-order valence-electron chi connectivity index (χ3n) is 0.858. The zero-order valence-corrected chi connectivity index (χ0v) is 7.15. The molecule has 0 amide bonds. The first kappa shape index (κ1) is 10.4. The van der Waals surface area contributed by atoms with Crippen molar-refractivity contribution in [2.24, 2.45) is 0 Å². The zero-order chi connectivity index (χ0) is 8.91. The minimum absolute atomic E-state index is 0.105. The molecule has 0 spiro atoms. The summed E-state index contributed by atoms with van der Waals surface area (Å²) in [6, 6.07) is 1.66. The molecule has 62 valence electrons. The Morgan fingerprint density at radius 3 is 2.45 bits per heavy atom. The van der Waals surface area contributed by atoms with Crippen molar-refractivity contribution in [1.82, 2.24) is 0 Å². The Kier molecular flexibility index (Phi) is 4.08. The summed E-state index contributed by atoms with van der Waals surface area (Å²) in [6.07, 6.45) is -0.105. The molecule has 0 aliphatic rings. The normalized spacial score (nSPS) is 10.5. The van der Waals surface area contributed by atoms with Crippen LogP contribution in [-0.2, 0) is 14.6 Å². The molecular formula is C5H6ClNO3S. The third kappa shape index (κ3) is 5.83. The van der Waals surface area contributed by atoms with Gasteiger partial charge in [0.1, 0.15) is 5.75 Å². The highest BCUT2D eigenvalue weighted by Gasteiger charge is 2.13. The van der Waals surface area contributed by atoms with Crippen molar-refractivity contribution in [2.45, 2.75) is 6.42 Å². The van der Waals surface area contributed by atoms with Crippen LogP contribution in [-0.4, -0.2) is 25.2 Å². The van der Waals surface area contributed by atoms with Gasteiger partial charge in [-0.15, -0.1) is 0 Å². The molecule has 0 bridgehead atoms. The van der Waals surface area contributed by atoms with Crippen LogP contribution in [0.5, 0.6) is 0 Å². The van der Waals surface area contributed by atoms with E-state index in [0.29, 0.717) is 0 Å². The van der Waals surface area contributed by atoms with E-state index in [-0.39, 0.29) is 12.2 Å². The highest BCUT2D eigenvalue weighted by atomic mass is 35.5. The molecule has 0 aromatic rings. The number of hydrogen-bond acceptors (Lipinski definition) is 4. The van der Waals surface area contributed by atoms with Gasteiger partial charge in [-0.25, -0.2) is 8.42 Å². The summed E-state index contributed by atoms with van der Waals surface area (Å²) in [5, 5.41) is 7.12. The maximum atomic E-state index is 10.7. The quantitative estimate of drug-likeness (QED) is 0.596. The average molecular weight is 196 g/mol. The maximum absolute atomic E-state index is 10.7. The smallest absolute Gasteiger partial charge is 0.236 e. The molecule has 0 N–H and O–H groups in total. The molecule has 0 atom stereocenters. The number of rotatable bonds is 4. The lowest BCUT2D eigenvalue weighted by atomic mass is 10.6. The molecule has 4 nitrogen and oxygen atoms in total. The number of halogens is 1. The summed E-state index contributed by atoms with van der Waals surface area (Å²) in [4.78, 5) is 10.1. The zero-order valence-electron chi connectivity index (χ0n) is 5.58. The second-order valence-corrected chi connectivity index (χ2v) is 4.46.